The number of aryl methyl sites for hydroxylation is 1. The number of nitrogens with zero attached hydrogens (tertiary/aromatic N) is 1. The third kappa shape index (κ3) is 4.61. The molecule has 0 bridgehead atoms. The number of nitrogens with one attached hydrogen (secondary N) is 1. The molecular formula is C11H18N2O2S. The topological polar surface area (TPSA) is 51.2 Å². The average molecular weight is 242 g/mol. The first-order valence-corrected chi connectivity index (χ1v) is 6.36. The zero-order valence-electron chi connectivity index (χ0n) is 9.95. The van der Waals surface area contributed by atoms with Gasteiger partial charge in [-0.25, -0.2) is 4.98 Å². The van der Waals surface area contributed by atoms with Crippen molar-refractivity contribution in [2.75, 3.05) is 11.9 Å². The van der Waals surface area contributed by atoms with Gasteiger partial charge >= 0.3 is 5.97 Å². The lowest BCUT2D eigenvalue weighted by atomic mass is 10.2. The van der Waals surface area contributed by atoms with Gasteiger partial charge in [-0.2, -0.15) is 0 Å². The zero-order chi connectivity index (χ0) is 12.0. The van der Waals surface area contributed by atoms with E-state index in [9.17, 15) is 4.79 Å². The van der Waals surface area contributed by atoms with Gasteiger partial charge in [0, 0.05) is 17.8 Å². The summed E-state index contributed by atoms with van der Waals surface area (Å²) >= 11 is 1.57. The van der Waals surface area contributed by atoms with Crippen LogP contribution in [-0.2, 0) is 16.0 Å². The summed E-state index contributed by atoms with van der Waals surface area (Å²) < 4.78 is 4.86. The molecule has 90 valence electrons. The minimum absolute atomic E-state index is 0.158. The lowest BCUT2D eigenvalue weighted by Gasteiger charge is -2.04. The number of thiazole rings is 1. The highest BCUT2D eigenvalue weighted by atomic mass is 32.1. The molecule has 5 heteroatoms. The van der Waals surface area contributed by atoms with E-state index < -0.39 is 0 Å². The van der Waals surface area contributed by atoms with E-state index in [-0.39, 0.29) is 5.97 Å². The molecule has 0 saturated carbocycles. The molecular weight excluding hydrogens is 224 g/mol. The van der Waals surface area contributed by atoms with Crippen LogP contribution in [0.5, 0.6) is 0 Å². The van der Waals surface area contributed by atoms with Gasteiger partial charge in [0.15, 0.2) is 5.13 Å². The van der Waals surface area contributed by atoms with E-state index in [0.29, 0.717) is 25.5 Å². The van der Waals surface area contributed by atoms with Crippen LogP contribution in [0.1, 0.15) is 32.9 Å². The molecule has 0 radical (unpaired) electrons. The highest BCUT2D eigenvalue weighted by Gasteiger charge is 2.06. The molecule has 0 aliphatic heterocycles. The SMILES string of the molecule is CCOC(=O)CCc1csc(NC(C)C)n1. The van der Waals surface area contributed by atoms with E-state index in [1.165, 1.54) is 0 Å². The maximum Gasteiger partial charge on any atom is 0.306 e. The van der Waals surface area contributed by atoms with E-state index >= 15 is 0 Å². The van der Waals surface area contributed by atoms with Crippen molar-refractivity contribution in [2.45, 2.75) is 39.7 Å². The molecule has 4 nitrogen and oxygen atoms in total. The maximum atomic E-state index is 11.1. The number of rotatable bonds is 6. The van der Waals surface area contributed by atoms with Gasteiger partial charge in [0.25, 0.3) is 0 Å². The standard InChI is InChI=1S/C11H18N2O2S/c1-4-15-10(14)6-5-9-7-16-11(13-9)12-8(2)3/h7-8H,4-6H2,1-3H3,(H,12,13). The van der Waals surface area contributed by atoms with Crippen LogP contribution in [0.2, 0.25) is 0 Å². The molecule has 0 aliphatic carbocycles. The monoisotopic (exact) mass is 242 g/mol. The van der Waals surface area contributed by atoms with Crippen molar-refractivity contribution in [2.24, 2.45) is 0 Å². The Morgan fingerprint density at radius 1 is 1.62 bits per heavy atom. The lowest BCUT2D eigenvalue weighted by Crippen LogP contribution is -2.09. The predicted molar refractivity (Wildman–Crippen MR) is 65.8 cm³/mol. The Morgan fingerprint density at radius 2 is 2.38 bits per heavy atom. The fourth-order valence-corrected chi connectivity index (χ4v) is 2.09. The summed E-state index contributed by atoms with van der Waals surface area (Å²) in [7, 11) is 0. The number of carbonyl (C=O) groups excluding carboxylic acids is 1. The molecule has 1 N–H and O–H groups in total. The van der Waals surface area contributed by atoms with Crippen molar-refractivity contribution in [1.82, 2.24) is 4.98 Å². The molecule has 0 unspecified atom stereocenters. The predicted octanol–water partition coefficient (Wildman–Crippen LogP) is 2.46. The van der Waals surface area contributed by atoms with Gasteiger partial charge in [0.1, 0.15) is 0 Å². The van der Waals surface area contributed by atoms with E-state index in [2.05, 4.69) is 24.1 Å². The number of hydrogen-bond donors (Lipinski definition) is 1. The Hall–Kier alpha value is -1.10. The van der Waals surface area contributed by atoms with E-state index in [0.717, 1.165) is 10.8 Å². The third-order valence-corrected chi connectivity index (χ3v) is 2.68. The number of ether oxygens (including phenoxy) is 1. The molecule has 0 atom stereocenters. The van der Waals surface area contributed by atoms with Crippen molar-refractivity contribution in [1.29, 1.82) is 0 Å². The number of hydrogen-bond acceptors (Lipinski definition) is 5. The summed E-state index contributed by atoms with van der Waals surface area (Å²) in [6, 6.07) is 0.379. The Bertz CT molecular complexity index is 336. The first-order chi connectivity index (χ1) is 7.61. The van der Waals surface area contributed by atoms with E-state index in [4.69, 9.17) is 4.74 Å². The molecule has 16 heavy (non-hydrogen) atoms. The highest BCUT2D eigenvalue weighted by Crippen LogP contribution is 2.17. The highest BCUT2D eigenvalue weighted by molar-refractivity contribution is 7.13. The summed E-state index contributed by atoms with van der Waals surface area (Å²) in [4.78, 5) is 15.5. The largest absolute Gasteiger partial charge is 0.466 e. The van der Waals surface area contributed by atoms with Crippen LogP contribution in [0.25, 0.3) is 0 Å². The lowest BCUT2D eigenvalue weighted by molar-refractivity contribution is -0.143. The van der Waals surface area contributed by atoms with Gasteiger partial charge in [-0.1, -0.05) is 0 Å². The smallest absolute Gasteiger partial charge is 0.306 e. The minimum atomic E-state index is -0.158. The Morgan fingerprint density at radius 3 is 3.00 bits per heavy atom. The number of esters is 1. The summed E-state index contributed by atoms with van der Waals surface area (Å²) in [5.41, 5.74) is 0.946. The van der Waals surface area contributed by atoms with Crippen LogP contribution in [0.4, 0.5) is 5.13 Å². The molecule has 0 aromatic carbocycles. The van der Waals surface area contributed by atoms with E-state index in [1.54, 1.807) is 11.3 Å². The second kappa shape index (κ2) is 6.48. The van der Waals surface area contributed by atoms with E-state index in [1.807, 2.05) is 12.3 Å². The van der Waals surface area contributed by atoms with Crippen molar-refractivity contribution < 1.29 is 9.53 Å². The van der Waals surface area contributed by atoms with Crippen LogP contribution in [0.3, 0.4) is 0 Å². The van der Waals surface area contributed by atoms with Gasteiger partial charge in [0.05, 0.1) is 18.7 Å². The van der Waals surface area contributed by atoms with Gasteiger partial charge in [-0.15, -0.1) is 11.3 Å². The van der Waals surface area contributed by atoms with Gasteiger partial charge in [-0.3, -0.25) is 4.79 Å². The fraction of sp³-hybridized carbons (Fsp3) is 0.636. The van der Waals surface area contributed by atoms with Gasteiger partial charge < -0.3 is 10.1 Å². The first kappa shape index (κ1) is 13.0. The second-order valence-electron chi connectivity index (χ2n) is 3.75. The molecule has 0 saturated heterocycles. The van der Waals surface area contributed by atoms with Gasteiger partial charge in [0.2, 0.25) is 0 Å². The quantitative estimate of drug-likeness (QED) is 0.779. The summed E-state index contributed by atoms with van der Waals surface area (Å²) in [5, 5.41) is 6.12. The van der Waals surface area contributed by atoms with Crippen LogP contribution in [0, 0.1) is 0 Å². The molecule has 0 aliphatic rings. The molecule has 0 amide bonds. The zero-order valence-corrected chi connectivity index (χ0v) is 10.8. The fourth-order valence-electron chi connectivity index (χ4n) is 1.20. The molecule has 0 spiro atoms. The number of aromatic nitrogens is 1. The summed E-state index contributed by atoms with van der Waals surface area (Å²) in [5.74, 6) is -0.158. The van der Waals surface area contributed by atoms with Crippen molar-refractivity contribution in [3.8, 4) is 0 Å². The molecule has 1 aromatic heterocycles. The molecule has 1 rings (SSSR count). The third-order valence-electron chi connectivity index (χ3n) is 1.85. The number of carbonyl (C=O) groups is 1. The molecule has 0 fully saturated rings. The van der Waals surface area contributed by atoms with Gasteiger partial charge in [-0.05, 0) is 20.8 Å². The van der Waals surface area contributed by atoms with Crippen LogP contribution < -0.4 is 5.32 Å². The van der Waals surface area contributed by atoms with Crippen LogP contribution in [-0.4, -0.2) is 23.6 Å². The summed E-state index contributed by atoms with van der Waals surface area (Å²) in [6.45, 7) is 6.39. The normalized spacial score (nSPS) is 10.5. The second-order valence-corrected chi connectivity index (χ2v) is 4.61. The van der Waals surface area contributed by atoms with Crippen LogP contribution in [0.15, 0.2) is 5.38 Å². The Balaban J connectivity index is 2.37. The van der Waals surface area contributed by atoms with Crippen LogP contribution >= 0.6 is 11.3 Å². The maximum absolute atomic E-state index is 11.1. The molecule has 1 aromatic rings. The summed E-state index contributed by atoms with van der Waals surface area (Å²) in [6.07, 6.45) is 1.05. The first-order valence-electron chi connectivity index (χ1n) is 5.48. The Kier molecular flexibility index (Phi) is 5.25. The average Bonchev–Trinajstić information content (AvgIpc) is 2.62. The van der Waals surface area contributed by atoms with Crippen molar-refractivity contribution >= 4 is 22.4 Å². The van der Waals surface area contributed by atoms with Crippen molar-refractivity contribution in [3.63, 3.8) is 0 Å². The number of anilines is 1. The minimum Gasteiger partial charge on any atom is -0.466 e. The molecule has 1 heterocycles. The van der Waals surface area contributed by atoms with Crippen molar-refractivity contribution in [3.05, 3.63) is 11.1 Å². The Labute approximate surface area is 100 Å².